The van der Waals surface area contributed by atoms with Crippen molar-refractivity contribution in [2.75, 3.05) is 6.61 Å². The molecule has 1 amide bonds. The fourth-order valence-corrected chi connectivity index (χ4v) is 3.14. The lowest BCUT2D eigenvalue weighted by molar-refractivity contribution is -0.119. The van der Waals surface area contributed by atoms with E-state index < -0.39 is 0 Å². The predicted octanol–water partition coefficient (Wildman–Crippen LogP) is 4.57. The maximum absolute atomic E-state index is 11.0. The summed E-state index contributed by atoms with van der Waals surface area (Å²) < 4.78 is 11.8. The number of amides is 1. The number of nitrogens with zero attached hydrogens (tertiary/aromatic N) is 1. The van der Waals surface area contributed by atoms with Gasteiger partial charge >= 0.3 is 0 Å². The standard InChI is InChI=1S/C20H24N2O3S/c1-13(22-15(3)23)7-10-17-11-21-20(26-17)25-19-6-4-5-18(14(19)2)24-12-16-8-9-16/h4-7,10-11,13,16H,8-9,12H2,1-3H3,(H,22,23)/t13-/m0/s1. The molecule has 138 valence electrons. The van der Waals surface area contributed by atoms with Crippen molar-refractivity contribution in [3.8, 4) is 16.7 Å². The molecule has 0 bridgehead atoms. The van der Waals surface area contributed by atoms with Crippen LogP contribution in [0, 0.1) is 12.8 Å². The number of nitrogens with one attached hydrogen (secondary N) is 1. The van der Waals surface area contributed by atoms with Crippen molar-refractivity contribution in [1.29, 1.82) is 0 Å². The molecule has 2 aromatic rings. The van der Waals surface area contributed by atoms with Crippen LogP contribution in [0.1, 0.15) is 37.1 Å². The van der Waals surface area contributed by atoms with Crippen LogP contribution in [0.25, 0.3) is 6.08 Å². The normalized spacial score (nSPS) is 15.0. The van der Waals surface area contributed by atoms with Crippen LogP contribution in [0.4, 0.5) is 0 Å². The molecule has 6 heteroatoms. The number of thiazole rings is 1. The molecule has 5 nitrogen and oxygen atoms in total. The predicted molar refractivity (Wildman–Crippen MR) is 104 cm³/mol. The molecule has 1 heterocycles. The lowest BCUT2D eigenvalue weighted by atomic mass is 10.2. The van der Waals surface area contributed by atoms with Crippen molar-refractivity contribution in [2.24, 2.45) is 5.92 Å². The number of hydrogen-bond donors (Lipinski definition) is 1. The molecule has 0 aliphatic heterocycles. The van der Waals surface area contributed by atoms with Crippen LogP contribution >= 0.6 is 11.3 Å². The summed E-state index contributed by atoms with van der Waals surface area (Å²) in [5, 5.41) is 3.39. The van der Waals surface area contributed by atoms with Crippen LogP contribution in [0.15, 0.2) is 30.5 Å². The minimum atomic E-state index is -0.0465. The molecule has 0 radical (unpaired) electrons. The van der Waals surface area contributed by atoms with Gasteiger partial charge in [0.1, 0.15) is 11.5 Å². The van der Waals surface area contributed by atoms with Crippen LogP contribution in [0.3, 0.4) is 0 Å². The van der Waals surface area contributed by atoms with Crippen LogP contribution in [0.5, 0.6) is 16.7 Å². The van der Waals surface area contributed by atoms with Gasteiger partial charge in [0, 0.05) is 24.7 Å². The van der Waals surface area contributed by atoms with Gasteiger partial charge in [-0.3, -0.25) is 4.79 Å². The van der Waals surface area contributed by atoms with E-state index in [4.69, 9.17) is 9.47 Å². The minimum Gasteiger partial charge on any atom is -0.493 e. The zero-order chi connectivity index (χ0) is 18.5. The minimum absolute atomic E-state index is 0.0264. The van der Waals surface area contributed by atoms with Gasteiger partial charge in [-0.2, -0.15) is 0 Å². The Kier molecular flexibility index (Phi) is 5.93. The van der Waals surface area contributed by atoms with E-state index in [0.29, 0.717) is 11.1 Å². The maximum Gasteiger partial charge on any atom is 0.279 e. The Morgan fingerprint density at radius 1 is 1.42 bits per heavy atom. The largest absolute Gasteiger partial charge is 0.493 e. The van der Waals surface area contributed by atoms with E-state index in [9.17, 15) is 4.79 Å². The molecule has 3 rings (SSSR count). The molecule has 26 heavy (non-hydrogen) atoms. The van der Waals surface area contributed by atoms with Crippen molar-refractivity contribution in [3.05, 3.63) is 40.9 Å². The molecule has 1 aliphatic carbocycles. The van der Waals surface area contributed by atoms with Crippen molar-refractivity contribution >= 4 is 23.3 Å². The van der Waals surface area contributed by atoms with Gasteiger partial charge in [0.2, 0.25) is 5.91 Å². The summed E-state index contributed by atoms with van der Waals surface area (Å²) in [4.78, 5) is 16.3. The van der Waals surface area contributed by atoms with E-state index in [-0.39, 0.29) is 11.9 Å². The van der Waals surface area contributed by atoms with E-state index in [0.717, 1.165) is 28.5 Å². The molecule has 0 unspecified atom stereocenters. The van der Waals surface area contributed by atoms with Crippen LogP contribution in [-0.2, 0) is 4.79 Å². The average Bonchev–Trinajstić information content (AvgIpc) is 3.31. The molecule has 0 spiro atoms. The summed E-state index contributed by atoms with van der Waals surface area (Å²) in [6, 6.07) is 5.81. The van der Waals surface area contributed by atoms with Gasteiger partial charge in [0.05, 0.1) is 11.5 Å². The highest BCUT2D eigenvalue weighted by molar-refractivity contribution is 7.14. The Morgan fingerprint density at radius 2 is 2.19 bits per heavy atom. The van der Waals surface area contributed by atoms with Gasteiger partial charge in [-0.15, -0.1) is 0 Å². The number of benzene rings is 1. The number of hydrogen-bond acceptors (Lipinski definition) is 5. The highest BCUT2D eigenvalue weighted by atomic mass is 32.1. The van der Waals surface area contributed by atoms with Crippen LogP contribution in [-0.4, -0.2) is 23.5 Å². The summed E-state index contributed by atoms with van der Waals surface area (Å²) in [6.07, 6.45) is 8.17. The molecular formula is C20H24N2O3S. The lowest BCUT2D eigenvalue weighted by Crippen LogP contribution is -2.28. The van der Waals surface area contributed by atoms with Gasteiger partial charge in [0.15, 0.2) is 0 Å². The highest BCUT2D eigenvalue weighted by Gasteiger charge is 2.22. The number of rotatable bonds is 8. The van der Waals surface area contributed by atoms with E-state index in [1.54, 1.807) is 6.20 Å². The second-order valence-electron chi connectivity index (χ2n) is 6.61. The molecule has 1 fully saturated rings. The molecule has 1 aliphatic rings. The van der Waals surface area contributed by atoms with Crippen LogP contribution in [0.2, 0.25) is 0 Å². The Labute approximate surface area is 158 Å². The van der Waals surface area contributed by atoms with E-state index >= 15 is 0 Å². The zero-order valence-corrected chi connectivity index (χ0v) is 16.1. The quantitative estimate of drug-likeness (QED) is 0.737. The second-order valence-corrected chi connectivity index (χ2v) is 7.64. The zero-order valence-electron chi connectivity index (χ0n) is 15.3. The Balaban J connectivity index is 1.62. The summed E-state index contributed by atoms with van der Waals surface area (Å²) >= 11 is 1.46. The average molecular weight is 372 g/mol. The fraction of sp³-hybridized carbons (Fsp3) is 0.400. The van der Waals surface area contributed by atoms with Crippen molar-refractivity contribution in [1.82, 2.24) is 10.3 Å². The molecular weight excluding hydrogens is 348 g/mol. The molecule has 1 N–H and O–H groups in total. The van der Waals surface area contributed by atoms with E-state index in [2.05, 4.69) is 10.3 Å². The Bertz CT molecular complexity index is 796. The van der Waals surface area contributed by atoms with Gasteiger partial charge in [0.25, 0.3) is 5.19 Å². The van der Waals surface area contributed by atoms with Crippen molar-refractivity contribution in [2.45, 2.75) is 39.7 Å². The third-order valence-corrected chi connectivity index (χ3v) is 4.93. The first-order valence-corrected chi connectivity index (χ1v) is 9.64. The van der Waals surface area contributed by atoms with E-state index in [1.165, 1.54) is 31.1 Å². The molecule has 1 saturated carbocycles. The first-order valence-electron chi connectivity index (χ1n) is 8.82. The number of carbonyl (C=O) groups excluding carboxylic acids is 1. The van der Waals surface area contributed by atoms with Gasteiger partial charge in [-0.1, -0.05) is 23.5 Å². The van der Waals surface area contributed by atoms with Crippen molar-refractivity contribution in [3.63, 3.8) is 0 Å². The second kappa shape index (κ2) is 8.36. The van der Waals surface area contributed by atoms with Crippen LogP contribution < -0.4 is 14.8 Å². The lowest BCUT2D eigenvalue weighted by Gasteiger charge is -2.12. The Hall–Kier alpha value is -2.34. The maximum atomic E-state index is 11.0. The number of aromatic nitrogens is 1. The number of ether oxygens (including phenoxy) is 2. The SMILES string of the molecule is CC(=O)N[C@@H](C)C=Cc1cnc(Oc2cccc(OCC3CC3)c2C)s1. The first kappa shape index (κ1) is 18.5. The smallest absolute Gasteiger partial charge is 0.279 e. The fourth-order valence-electron chi connectivity index (χ4n) is 2.45. The summed E-state index contributed by atoms with van der Waals surface area (Å²) in [6.45, 7) is 6.21. The Morgan fingerprint density at radius 3 is 2.92 bits per heavy atom. The van der Waals surface area contributed by atoms with E-state index in [1.807, 2.05) is 44.2 Å². The van der Waals surface area contributed by atoms with Crippen molar-refractivity contribution < 1.29 is 14.3 Å². The third-order valence-electron chi connectivity index (χ3n) is 4.09. The first-order chi connectivity index (χ1) is 12.5. The van der Waals surface area contributed by atoms with Gasteiger partial charge in [-0.05, 0) is 50.8 Å². The number of carbonyl (C=O) groups is 1. The topological polar surface area (TPSA) is 60.5 Å². The summed E-state index contributed by atoms with van der Waals surface area (Å²) in [5.41, 5.74) is 0.986. The summed E-state index contributed by atoms with van der Waals surface area (Å²) in [5.74, 6) is 2.30. The summed E-state index contributed by atoms with van der Waals surface area (Å²) in [7, 11) is 0. The molecule has 1 aromatic heterocycles. The highest BCUT2D eigenvalue weighted by Crippen LogP contribution is 2.35. The monoisotopic (exact) mass is 372 g/mol. The third kappa shape index (κ3) is 5.33. The van der Waals surface area contributed by atoms with Gasteiger partial charge in [-0.25, -0.2) is 4.98 Å². The molecule has 1 aromatic carbocycles. The molecule has 1 atom stereocenters. The molecule has 0 saturated heterocycles. The van der Waals surface area contributed by atoms with Gasteiger partial charge < -0.3 is 14.8 Å².